The Morgan fingerprint density at radius 2 is 2.00 bits per heavy atom. The van der Waals surface area contributed by atoms with Crippen LogP contribution in [0.2, 0.25) is 0 Å². The highest BCUT2D eigenvalue weighted by Gasteiger charge is 2.24. The smallest absolute Gasteiger partial charge is 0.252 e. The molecule has 7 heteroatoms. The molecule has 2 heterocycles. The molecule has 1 aliphatic carbocycles. The van der Waals surface area contributed by atoms with Crippen LogP contribution in [-0.4, -0.2) is 47.8 Å². The fourth-order valence-electron chi connectivity index (χ4n) is 3.88. The van der Waals surface area contributed by atoms with Gasteiger partial charge in [0.15, 0.2) is 0 Å². The van der Waals surface area contributed by atoms with Gasteiger partial charge >= 0.3 is 0 Å². The summed E-state index contributed by atoms with van der Waals surface area (Å²) in [7, 11) is 0. The van der Waals surface area contributed by atoms with Gasteiger partial charge in [0.25, 0.3) is 5.91 Å². The van der Waals surface area contributed by atoms with Crippen molar-refractivity contribution in [1.29, 1.82) is 0 Å². The zero-order valence-corrected chi connectivity index (χ0v) is 15.6. The first kappa shape index (κ1) is 19.0. The summed E-state index contributed by atoms with van der Waals surface area (Å²) in [4.78, 5) is 20.7. The van der Waals surface area contributed by atoms with Crippen molar-refractivity contribution in [2.45, 2.75) is 64.0 Å². The Balaban J connectivity index is 1.65. The zero-order valence-electron chi connectivity index (χ0n) is 15.6. The van der Waals surface area contributed by atoms with Crippen molar-refractivity contribution in [1.82, 2.24) is 9.97 Å². The highest BCUT2D eigenvalue weighted by molar-refractivity contribution is 5.93. The van der Waals surface area contributed by atoms with Crippen LogP contribution in [0.15, 0.2) is 6.20 Å². The standard InChI is InChI=1S/C19H30N4O3/c1-2-26-15-5-3-13(4-6-15)11-17-16(18(20)24)12-21-19(23-17)22-14-7-9-25-10-8-14/h12-15H,2-11H2,1H3,(H2,20,24)(H,21,22,23). The number of carbonyl (C=O) groups excluding carboxylic acids is 1. The van der Waals surface area contributed by atoms with Crippen LogP contribution >= 0.6 is 0 Å². The summed E-state index contributed by atoms with van der Waals surface area (Å²) in [6.45, 7) is 4.33. The van der Waals surface area contributed by atoms with Crippen LogP contribution in [-0.2, 0) is 15.9 Å². The fourth-order valence-corrected chi connectivity index (χ4v) is 3.88. The third-order valence-electron chi connectivity index (χ3n) is 5.37. The Morgan fingerprint density at radius 3 is 2.65 bits per heavy atom. The van der Waals surface area contributed by atoms with E-state index in [1.807, 2.05) is 6.92 Å². The maximum absolute atomic E-state index is 11.8. The number of carbonyl (C=O) groups is 1. The average molecular weight is 362 g/mol. The Morgan fingerprint density at radius 1 is 1.27 bits per heavy atom. The first-order chi connectivity index (χ1) is 12.7. The van der Waals surface area contributed by atoms with Crippen LogP contribution in [0.1, 0.15) is 61.5 Å². The number of ether oxygens (including phenoxy) is 2. The van der Waals surface area contributed by atoms with Crippen molar-refractivity contribution in [3.05, 3.63) is 17.5 Å². The Kier molecular flexibility index (Phi) is 6.80. The van der Waals surface area contributed by atoms with E-state index in [2.05, 4.69) is 15.3 Å². The molecule has 0 spiro atoms. The zero-order chi connectivity index (χ0) is 18.4. The fraction of sp³-hybridized carbons (Fsp3) is 0.737. The summed E-state index contributed by atoms with van der Waals surface area (Å²) in [6, 6.07) is 0.317. The number of hydrogen-bond donors (Lipinski definition) is 2. The van der Waals surface area contributed by atoms with Gasteiger partial charge in [0.1, 0.15) is 0 Å². The molecule has 3 rings (SSSR count). The van der Waals surface area contributed by atoms with E-state index in [9.17, 15) is 4.79 Å². The molecule has 144 valence electrons. The van der Waals surface area contributed by atoms with Gasteiger partial charge in [-0.1, -0.05) is 0 Å². The van der Waals surface area contributed by atoms with Gasteiger partial charge < -0.3 is 20.5 Å². The van der Waals surface area contributed by atoms with Crippen molar-refractivity contribution in [2.75, 3.05) is 25.1 Å². The summed E-state index contributed by atoms with van der Waals surface area (Å²) in [5, 5.41) is 3.37. The lowest BCUT2D eigenvalue weighted by atomic mass is 9.84. The Labute approximate surface area is 155 Å². The van der Waals surface area contributed by atoms with E-state index in [0.29, 0.717) is 29.6 Å². The molecule has 3 N–H and O–H groups in total. The van der Waals surface area contributed by atoms with Crippen LogP contribution in [0, 0.1) is 5.92 Å². The van der Waals surface area contributed by atoms with E-state index in [4.69, 9.17) is 15.2 Å². The maximum Gasteiger partial charge on any atom is 0.252 e. The van der Waals surface area contributed by atoms with Crippen LogP contribution < -0.4 is 11.1 Å². The predicted molar refractivity (Wildman–Crippen MR) is 99.1 cm³/mol. The van der Waals surface area contributed by atoms with Crippen LogP contribution in [0.5, 0.6) is 0 Å². The molecule has 1 amide bonds. The number of nitrogens with zero attached hydrogens (tertiary/aromatic N) is 2. The average Bonchev–Trinajstić information content (AvgIpc) is 2.64. The number of rotatable bonds is 7. The molecular formula is C19H30N4O3. The highest BCUT2D eigenvalue weighted by atomic mass is 16.5. The van der Waals surface area contributed by atoms with E-state index in [0.717, 1.165) is 70.5 Å². The monoisotopic (exact) mass is 362 g/mol. The summed E-state index contributed by atoms with van der Waals surface area (Å²) in [5.74, 6) is 0.635. The molecule has 0 bridgehead atoms. The third-order valence-corrected chi connectivity index (χ3v) is 5.37. The first-order valence-electron chi connectivity index (χ1n) is 9.77. The summed E-state index contributed by atoms with van der Waals surface area (Å²) in [6.07, 6.45) is 8.93. The van der Waals surface area contributed by atoms with E-state index in [1.54, 1.807) is 6.20 Å². The molecule has 1 aliphatic heterocycles. The second kappa shape index (κ2) is 9.28. The van der Waals surface area contributed by atoms with E-state index < -0.39 is 5.91 Å². The lowest BCUT2D eigenvalue weighted by Crippen LogP contribution is -2.29. The minimum Gasteiger partial charge on any atom is -0.381 e. The molecule has 0 atom stereocenters. The number of primary amides is 1. The van der Waals surface area contributed by atoms with Crippen molar-refractivity contribution in [2.24, 2.45) is 11.7 Å². The quantitative estimate of drug-likeness (QED) is 0.772. The van der Waals surface area contributed by atoms with Gasteiger partial charge in [0.05, 0.1) is 17.4 Å². The van der Waals surface area contributed by atoms with Crippen molar-refractivity contribution >= 4 is 11.9 Å². The second-order valence-corrected chi connectivity index (χ2v) is 7.25. The van der Waals surface area contributed by atoms with Crippen LogP contribution in [0.4, 0.5) is 5.95 Å². The van der Waals surface area contributed by atoms with E-state index in [-0.39, 0.29) is 0 Å². The minimum atomic E-state index is -0.458. The van der Waals surface area contributed by atoms with E-state index >= 15 is 0 Å². The predicted octanol–water partition coefficient (Wildman–Crippen LogP) is 2.30. The molecule has 1 saturated carbocycles. The molecule has 0 aromatic carbocycles. The van der Waals surface area contributed by atoms with Gasteiger partial charge in [-0.2, -0.15) is 0 Å². The van der Waals surface area contributed by atoms with Crippen LogP contribution in [0.3, 0.4) is 0 Å². The molecule has 0 unspecified atom stereocenters. The summed E-state index contributed by atoms with van der Waals surface area (Å²) >= 11 is 0. The van der Waals surface area contributed by atoms with Gasteiger partial charge in [0.2, 0.25) is 5.95 Å². The maximum atomic E-state index is 11.8. The molecule has 2 aliphatic rings. The largest absolute Gasteiger partial charge is 0.381 e. The number of nitrogens with one attached hydrogen (secondary N) is 1. The SMILES string of the molecule is CCOC1CCC(Cc2nc(NC3CCOCC3)ncc2C(N)=O)CC1. The highest BCUT2D eigenvalue weighted by Crippen LogP contribution is 2.29. The van der Waals surface area contributed by atoms with Crippen LogP contribution in [0.25, 0.3) is 0 Å². The molecule has 26 heavy (non-hydrogen) atoms. The van der Waals surface area contributed by atoms with Gasteiger partial charge in [-0.15, -0.1) is 0 Å². The van der Waals surface area contributed by atoms with Gasteiger partial charge in [-0.05, 0) is 57.8 Å². The van der Waals surface area contributed by atoms with Gasteiger partial charge in [-0.25, -0.2) is 9.97 Å². The number of nitrogens with two attached hydrogens (primary N) is 1. The topological polar surface area (TPSA) is 99.4 Å². The Bertz CT molecular complexity index is 596. The molecule has 2 fully saturated rings. The van der Waals surface area contributed by atoms with Crippen molar-refractivity contribution in [3.63, 3.8) is 0 Å². The number of hydrogen-bond acceptors (Lipinski definition) is 6. The molecule has 1 saturated heterocycles. The summed E-state index contributed by atoms with van der Waals surface area (Å²) in [5.41, 5.74) is 6.74. The third kappa shape index (κ3) is 5.14. The molecular weight excluding hydrogens is 332 g/mol. The molecule has 1 aromatic rings. The second-order valence-electron chi connectivity index (χ2n) is 7.25. The molecule has 7 nitrogen and oxygen atoms in total. The number of aromatic nitrogens is 2. The normalized spacial score (nSPS) is 24.3. The first-order valence-corrected chi connectivity index (χ1v) is 9.77. The van der Waals surface area contributed by atoms with Gasteiger partial charge in [-0.3, -0.25) is 4.79 Å². The van der Waals surface area contributed by atoms with Gasteiger partial charge in [0, 0.05) is 32.1 Å². The number of anilines is 1. The molecule has 0 radical (unpaired) electrons. The van der Waals surface area contributed by atoms with Crippen molar-refractivity contribution < 1.29 is 14.3 Å². The minimum absolute atomic E-state index is 0.317. The number of amides is 1. The lowest BCUT2D eigenvalue weighted by molar-refractivity contribution is 0.0256. The van der Waals surface area contributed by atoms with Crippen molar-refractivity contribution in [3.8, 4) is 0 Å². The van der Waals surface area contributed by atoms with E-state index in [1.165, 1.54) is 0 Å². The lowest BCUT2D eigenvalue weighted by Gasteiger charge is -2.28. The Hall–Kier alpha value is -1.73. The summed E-state index contributed by atoms with van der Waals surface area (Å²) < 4.78 is 11.1. The molecule has 1 aromatic heterocycles.